The maximum absolute atomic E-state index is 12.9. The van der Waals surface area contributed by atoms with Crippen LogP contribution in [0.2, 0.25) is 0 Å². The highest BCUT2D eigenvalue weighted by molar-refractivity contribution is 7.89. The molecule has 0 radical (unpaired) electrons. The zero-order valence-electron chi connectivity index (χ0n) is 14.0. The molecule has 1 fully saturated rings. The summed E-state index contributed by atoms with van der Waals surface area (Å²) in [5, 5.41) is 0. The summed E-state index contributed by atoms with van der Waals surface area (Å²) < 4.78 is 38.1. The number of ether oxygens (including phenoxy) is 2. The fourth-order valence-corrected chi connectivity index (χ4v) is 4.90. The summed E-state index contributed by atoms with van der Waals surface area (Å²) in [6.07, 6.45) is 0. The molecule has 0 unspecified atom stereocenters. The molecule has 2 heterocycles. The number of hydrogen-bond acceptors (Lipinski definition) is 5. The maximum atomic E-state index is 12.9. The molecule has 0 saturated carbocycles. The summed E-state index contributed by atoms with van der Waals surface area (Å²) in [6, 6.07) is 13.0. The number of sulfonamides is 1. The predicted octanol–water partition coefficient (Wildman–Crippen LogP) is 2.23. The lowest BCUT2D eigenvalue weighted by Crippen LogP contribution is -2.48. The van der Waals surface area contributed by atoms with Gasteiger partial charge in [-0.3, -0.25) is 0 Å². The largest absolute Gasteiger partial charge is 0.454 e. The highest BCUT2D eigenvalue weighted by Gasteiger charge is 2.29. The summed E-state index contributed by atoms with van der Waals surface area (Å²) in [5.74, 6) is 1.50. The van der Waals surface area contributed by atoms with E-state index in [-0.39, 0.29) is 6.79 Å². The molecule has 1 saturated heterocycles. The Hall–Kier alpha value is -2.25. The molecule has 7 heteroatoms. The van der Waals surface area contributed by atoms with Crippen molar-refractivity contribution in [3.8, 4) is 11.5 Å². The summed E-state index contributed by atoms with van der Waals surface area (Å²) in [7, 11) is -3.45. The van der Waals surface area contributed by atoms with Crippen molar-refractivity contribution in [2.45, 2.75) is 11.8 Å². The van der Waals surface area contributed by atoms with Crippen LogP contribution in [0.1, 0.15) is 5.56 Å². The second-order valence-electron chi connectivity index (χ2n) is 6.19. The Bertz CT molecular complexity index is 890. The molecule has 132 valence electrons. The lowest BCUT2D eigenvalue weighted by atomic mass is 10.2. The molecule has 0 spiro atoms. The zero-order valence-corrected chi connectivity index (χ0v) is 14.8. The van der Waals surface area contributed by atoms with Gasteiger partial charge in [0.25, 0.3) is 0 Å². The van der Waals surface area contributed by atoms with Crippen molar-refractivity contribution in [3.05, 3.63) is 48.0 Å². The van der Waals surface area contributed by atoms with Crippen molar-refractivity contribution in [2.75, 3.05) is 37.9 Å². The standard InChI is InChI=1S/C18H20N2O4S/c1-14-4-2-3-5-18(14)25(21,22)20-10-8-19(9-11-20)15-6-7-16-17(12-15)24-13-23-16/h2-7,12H,8-11,13H2,1H3. The quantitative estimate of drug-likeness (QED) is 0.840. The van der Waals surface area contributed by atoms with Gasteiger partial charge in [-0.05, 0) is 30.7 Å². The Kier molecular flexibility index (Phi) is 4.05. The molecule has 0 aliphatic carbocycles. The first-order valence-electron chi connectivity index (χ1n) is 8.26. The van der Waals surface area contributed by atoms with E-state index < -0.39 is 10.0 Å². The van der Waals surface area contributed by atoms with Gasteiger partial charge in [0, 0.05) is 37.9 Å². The Balaban J connectivity index is 1.49. The van der Waals surface area contributed by atoms with Gasteiger partial charge in [-0.15, -0.1) is 0 Å². The van der Waals surface area contributed by atoms with Crippen molar-refractivity contribution < 1.29 is 17.9 Å². The van der Waals surface area contributed by atoms with Gasteiger partial charge in [-0.1, -0.05) is 18.2 Å². The van der Waals surface area contributed by atoms with Crippen LogP contribution >= 0.6 is 0 Å². The average molecular weight is 360 g/mol. The topological polar surface area (TPSA) is 59.1 Å². The third kappa shape index (κ3) is 2.94. The minimum atomic E-state index is -3.45. The highest BCUT2D eigenvalue weighted by Crippen LogP contribution is 2.36. The van der Waals surface area contributed by atoms with Crippen molar-refractivity contribution >= 4 is 15.7 Å². The molecule has 4 rings (SSSR count). The van der Waals surface area contributed by atoms with Gasteiger partial charge in [-0.25, -0.2) is 8.42 Å². The summed E-state index contributed by atoms with van der Waals surface area (Å²) in [4.78, 5) is 2.57. The summed E-state index contributed by atoms with van der Waals surface area (Å²) in [5.41, 5.74) is 1.80. The van der Waals surface area contributed by atoms with Crippen LogP contribution in [0.3, 0.4) is 0 Å². The number of hydrogen-bond donors (Lipinski definition) is 0. The molecule has 2 aromatic carbocycles. The Morgan fingerprint density at radius 1 is 0.920 bits per heavy atom. The first kappa shape index (κ1) is 16.2. The molecule has 0 N–H and O–H groups in total. The SMILES string of the molecule is Cc1ccccc1S(=O)(=O)N1CCN(c2ccc3c(c2)OCO3)CC1. The third-order valence-corrected chi connectivity index (χ3v) is 6.73. The Morgan fingerprint density at radius 3 is 2.40 bits per heavy atom. The zero-order chi connectivity index (χ0) is 17.4. The van der Waals surface area contributed by atoms with Gasteiger partial charge in [0.15, 0.2) is 11.5 Å². The molecule has 6 nitrogen and oxygen atoms in total. The minimum absolute atomic E-state index is 0.251. The molecule has 0 amide bonds. The number of rotatable bonds is 3. The summed E-state index contributed by atoms with van der Waals surface area (Å²) >= 11 is 0. The van der Waals surface area contributed by atoms with E-state index in [9.17, 15) is 8.42 Å². The molecule has 0 bridgehead atoms. The van der Waals surface area contributed by atoms with Crippen molar-refractivity contribution in [1.82, 2.24) is 4.31 Å². The number of fused-ring (bicyclic) bond motifs is 1. The number of nitrogens with zero attached hydrogens (tertiary/aromatic N) is 2. The monoisotopic (exact) mass is 360 g/mol. The first-order chi connectivity index (χ1) is 12.1. The molecule has 2 aromatic rings. The van der Waals surface area contributed by atoms with E-state index in [1.54, 1.807) is 16.4 Å². The number of aryl methyl sites for hydroxylation is 1. The van der Waals surface area contributed by atoms with Gasteiger partial charge in [0.1, 0.15) is 0 Å². The van der Waals surface area contributed by atoms with Crippen molar-refractivity contribution in [3.63, 3.8) is 0 Å². The third-order valence-electron chi connectivity index (χ3n) is 4.67. The maximum Gasteiger partial charge on any atom is 0.243 e. The number of anilines is 1. The van der Waals surface area contributed by atoms with E-state index in [4.69, 9.17) is 9.47 Å². The smallest absolute Gasteiger partial charge is 0.243 e. The van der Waals surface area contributed by atoms with Crippen LogP contribution in [0.25, 0.3) is 0 Å². The normalized spacial score (nSPS) is 17.7. The predicted molar refractivity (Wildman–Crippen MR) is 94.7 cm³/mol. The van der Waals surface area contributed by atoms with Crippen LogP contribution in [-0.4, -0.2) is 45.7 Å². The Morgan fingerprint density at radius 2 is 1.64 bits per heavy atom. The number of piperazine rings is 1. The minimum Gasteiger partial charge on any atom is -0.454 e. The molecule has 0 atom stereocenters. The van der Waals surface area contributed by atoms with E-state index >= 15 is 0 Å². The van der Waals surface area contributed by atoms with Gasteiger partial charge in [-0.2, -0.15) is 4.31 Å². The van der Waals surface area contributed by atoms with E-state index in [0.717, 1.165) is 22.7 Å². The van der Waals surface area contributed by atoms with Gasteiger partial charge in [0.2, 0.25) is 16.8 Å². The van der Waals surface area contributed by atoms with Gasteiger partial charge in [0.05, 0.1) is 4.90 Å². The first-order valence-corrected chi connectivity index (χ1v) is 9.70. The Labute approximate surface area is 147 Å². The average Bonchev–Trinajstić information content (AvgIpc) is 3.10. The number of benzene rings is 2. The molecule has 25 heavy (non-hydrogen) atoms. The lowest BCUT2D eigenvalue weighted by Gasteiger charge is -2.35. The van der Waals surface area contributed by atoms with Crippen molar-refractivity contribution in [2.24, 2.45) is 0 Å². The lowest BCUT2D eigenvalue weighted by molar-refractivity contribution is 0.174. The van der Waals surface area contributed by atoms with E-state index in [0.29, 0.717) is 31.1 Å². The van der Waals surface area contributed by atoms with Crippen LogP contribution < -0.4 is 14.4 Å². The molecule has 2 aliphatic rings. The fourth-order valence-electron chi connectivity index (χ4n) is 3.25. The van der Waals surface area contributed by atoms with Crippen LogP contribution in [0.5, 0.6) is 11.5 Å². The van der Waals surface area contributed by atoms with Crippen LogP contribution in [0.4, 0.5) is 5.69 Å². The van der Waals surface area contributed by atoms with Crippen LogP contribution in [0.15, 0.2) is 47.4 Å². The van der Waals surface area contributed by atoms with E-state index in [1.807, 2.05) is 37.3 Å². The van der Waals surface area contributed by atoms with Gasteiger partial charge < -0.3 is 14.4 Å². The molecular formula is C18H20N2O4S. The highest BCUT2D eigenvalue weighted by atomic mass is 32.2. The fraction of sp³-hybridized carbons (Fsp3) is 0.333. The second kappa shape index (κ2) is 6.24. The van der Waals surface area contributed by atoms with E-state index in [2.05, 4.69) is 4.90 Å². The second-order valence-corrected chi connectivity index (χ2v) is 8.10. The van der Waals surface area contributed by atoms with Crippen LogP contribution in [-0.2, 0) is 10.0 Å². The molecular weight excluding hydrogens is 340 g/mol. The van der Waals surface area contributed by atoms with Gasteiger partial charge >= 0.3 is 0 Å². The van der Waals surface area contributed by atoms with Crippen LogP contribution in [0, 0.1) is 6.92 Å². The molecule has 0 aromatic heterocycles. The van der Waals surface area contributed by atoms with E-state index in [1.165, 1.54) is 0 Å². The molecule has 2 aliphatic heterocycles. The summed E-state index contributed by atoms with van der Waals surface area (Å²) in [6.45, 7) is 4.29. The van der Waals surface area contributed by atoms with Crippen molar-refractivity contribution in [1.29, 1.82) is 0 Å².